The number of unbranched alkanes of at least 4 members (excludes halogenated alkanes) is 2. The van der Waals surface area contributed by atoms with Gasteiger partial charge in [-0.2, -0.15) is 0 Å². The van der Waals surface area contributed by atoms with Gasteiger partial charge in [0.1, 0.15) is 18.3 Å². The van der Waals surface area contributed by atoms with Crippen molar-refractivity contribution in [3.63, 3.8) is 0 Å². The van der Waals surface area contributed by atoms with E-state index in [4.69, 9.17) is 14.2 Å². The first-order valence-electron chi connectivity index (χ1n) is 11.4. The number of esters is 1. The predicted octanol–water partition coefficient (Wildman–Crippen LogP) is 6.89. The Morgan fingerprint density at radius 2 is 1.50 bits per heavy atom. The molecule has 0 aliphatic rings. The van der Waals surface area contributed by atoms with Crippen molar-refractivity contribution >= 4 is 5.97 Å². The van der Waals surface area contributed by atoms with Gasteiger partial charge in [0.25, 0.3) is 0 Å². The summed E-state index contributed by atoms with van der Waals surface area (Å²) in [6.45, 7) is 6.66. The Bertz CT molecular complexity index is 896. The first-order chi connectivity index (χ1) is 17.4. The minimum Gasteiger partial charge on any atom is -0.476 e. The van der Waals surface area contributed by atoms with Gasteiger partial charge in [0.2, 0.25) is 0 Å². The van der Waals surface area contributed by atoms with E-state index in [0.29, 0.717) is 31.4 Å². The van der Waals surface area contributed by atoms with E-state index in [0.717, 1.165) is 43.0 Å². The molecule has 9 heteroatoms. The van der Waals surface area contributed by atoms with E-state index >= 15 is 0 Å². The zero-order chi connectivity index (χ0) is 26.6. The van der Waals surface area contributed by atoms with Crippen LogP contribution >= 0.6 is 0 Å². The van der Waals surface area contributed by atoms with E-state index in [9.17, 15) is 22.5 Å². The van der Waals surface area contributed by atoms with Gasteiger partial charge < -0.3 is 14.2 Å². The third kappa shape index (κ3) is 12.9. The van der Waals surface area contributed by atoms with Crippen molar-refractivity contribution in [3.05, 3.63) is 90.2 Å². The minimum absolute atomic E-state index is 0.235. The van der Waals surface area contributed by atoms with Gasteiger partial charge in [-0.3, -0.25) is 4.94 Å². The van der Waals surface area contributed by atoms with Gasteiger partial charge in [-0.05, 0) is 73.9 Å². The molecule has 36 heavy (non-hydrogen) atoms. The summed E-state index contributed by atoms with van der Waals surface area (Å²) in [7, 11) is 0. The molecule has 0 unspecified atom stereocenters. The van der Waals surface area contributed by atoms with Gasteiger partial charge in [-0.25, -0.2) is 18.0 Å². The zero-order valence-corrected chi connectivity index (χ0v) is 20.2. The maximum absolute atomic E-state index is 13.3. The lowest BCUT2D eigenvalue weighted by atomic mass is 10.1. The molecule has 0 N–H and O–H groups in total. The van der Waals surface area contributed by atoms with Crippen molar-refractivity contribution in [2.45, 2.75) is 45.2 Å². The summed E-state index contributed by atoms with van der Waals surface area (Å²) in [6.07, 6.45) is 6.97. The summed E-state index contributed by atoms with van der Waals surface area (Å²) in [5.74, 6) is -1.99. The average molecular weight is 513 g/mol. The van der Waals surface area contributed by atoms with Crippen LogP contribution in [-0.4, -0.2) is 26.0 Å². The van der Waals surface area contributed by atoms with Crippen molar-refractivity contribution in [1.82, 2.24) is 0 Å². The van der Waals surface area contributed by atoms with Crippen LogP contribution in [0.1, 0.15) is 42.4 Å². The highest BCUT2D eigenvalue weighted by Gasteiger charge is 2.10. The van der Waals surface area contributed by atoms with E-state index in [1.165, 1.54) is 6.26 Å². The molecule has 0 saturated heterocycles. The first kappa shape index (κ1) is 30.7. The molecule has 0 spiro atoms. The number of hydrogen-bond acceptors (Lipinski definition) is 5. The summed E-state index contributed by atoms with van der Waals surface area (Å²) >= 11 is 0. The highest BCUT2D eigenvalue weighted by molar-refractivity contribution is 5.81. The monoisotopic (exact) mass is 512 g/mol. The van der Waals surface area contributed by atoms with Gasteiger partial charge in [-0.15, -0.1) is 0 Å². The quantitative estimate of drug-likeness (QED) is 0.0612. The van der Waals surface area contributed by atoms with Gasteiger partial charge in [-0.1, -0.05) is 25.3 Å². The van der Waals surface area contributed by atoms with E-state index in [-0.39, 0.29) is 19.1 Å². The van der Waals surface area contributed by atoms with Gasteiger partial charge in [0.15, 0.2) is 12.5 Å². The molecule has 0 amide bonds. The van der Waals surface area contributed by atoms with Crippen LogP contribution in [-0.2, 0) is 38.5 Å². The Kier molecular flexibility index (Phi) is 16.1. The smallest absolute Gasteiger partial charge is 0.330 e. The number of carbonyl (C=O) groups is 1. The third-order valence-corrected chi connectivity index (χ3v) is 4.89. The number of benzene rings is 2. The molecule has 0 heterocycles. The normalized spacial score (nSPS) is 10.1. The zero-order valence-electron chi connectivity index (χ0n) is 20.2. The Hall–Kier alpha value is -3.33. The van der Waals surface area contributed by atoms with Crippen molar-refractivity contribution in [2.24, 2.45) is 0 Å². The molecule has 0 radical (unpaired) electrons. The van der Waals surface area contributed by atoms with E-state index < -0.39 is 29.8 Å². The molecule has 2 rings (SSSR count). The Morgan fingerprint density at radius 3 is 2.06 bits per heavy atom. The van der Waals surface area contributed by atoms with Crippen LogP contribution in [0.25, 0.3) is 0 Å². The summed E-state index contributed by atoms with van der Waals surface area (Å²) in [5.41, 5.74) is 1.08. The molecule has 0 atom stereocenters. The maximum atomic E-state index is 13.3. The number of aryl methyl sites for hydroxylation is 2. The van der Waals surface area contributed by atoms with E-state index in [2.05, 4.69) is 18.1 Å². The first-order valence-corrected chi connectivity index (χ1v) is 11.4. The minimum atomic E-state index is -1.16. The molecule has 0 aliphatic heterocycles. The van der Waals surface area contributed by atoms with Crippen LogP contribution < -0.4 is 4.94 Å². The lowest BCUT2D eigenvalue weighted by molar-refractivity contribution is -0.137. The number of halogens is 4. The fourth-order valence-corrected chi connectivity index (χ4v) is 2.99. The Labute approximate surface area is 209 Å². The number of rotatable bonds is 16. The third-order valence-electron chi connectivity index (χ3n) is 4.89. The van der Waals surface area contributed by atoms with Crippen LogP contribution in [0.4, 0.5) is 17.7 Å². The molecule has 5 nitrogen and oxygen atoms in total. The second-order valence-electron chi connectivity index (χ2n) is 7.54. The van der Waals surface area contributed by atoms with Crippen molar-refractivity contribution in [3.8, 4) is 5.75 Å². The predicted molar refractivity (Wildman–Crippen MR) is 128 cm³/mol. The summed E-state index contributed by atoms with van der Waals surface area (Å²) in [4.78, 5) is 14.3. The molecule has 0 bridgehead atoms. The van der Waals surface area contributed by atoms with Crippen LogP contribution in [0.2, 0.25) is 0 Å². The number of alkyl halides is 1. The van der Waals surface area contributed by atoms with Gasteiger partial charge in [0, 0.05) is 10.6 Å². The Morgan fingerprint density at radius 1 is 0.889 bits per heavy atom. The highest BCUT2D eigenvalue weighted by Crippen LogP contribution is 2.18. The molecule has 0 aliphatic carbocycles. The largest absolute Gasteiger partial charge is 0.476 e. The highest BCUT2D eigenvalue weighted by atomic mass is 19.3. The lowest BCUT2D eigenvalue weighted by Crippen LogP contribution is -2.02. The lowest BCUT2D eigenvalue weighted by Gasteiger charge is -2.06. The summed E-state index contributed by atoms with van der Waals surface area (Å²) in [5, 5.41) is 0. The number of ether oxygens (including phenoxy) is 3. The SMILES string of the molecule is C=CC(=O)OCCCCc1cc(F)c(CF)c(F)c1.C=COCOCCCCc1ccc(OF)cc1. The topological polar surface area (TPSA) is 54.0 Å². The van der Waals surface area contributed by atoms with Crippen molar-refractivity contribution < 1.29 is 41.6 Å². The van der Waals surface area contributed by atoms with Gasteiger partial charge in [0.05, 0.1) is 25.0 Å². The molecule has 198 valence electrons. The fraction of sp³-hybridized carbons (Fsp3) is 0.370. The van der Waals surface area contributed by atoms with Crippen LogP contribution in [0, 0.1) is 11.6 Å². The molecule has 0 aromatic heterocycles. The summed E-state index contributed by atoms with van der Waals surface area (Å²) in [6, 6.07) is 9.21. The van der Waals surface area contributed by atoms with Crippen molar-refractivity contribution in [1.29, 1.82) is 0 Å². The van der Waals surface area contributed by atoms with Gasteiger partial charge >= 0.3 is 5.97 Å². The molecule has 0 saturated carbocycles. The van der Waals surface area contributed by atoms with E-state index in [1.807, 2.05) is 12.1 Å². The molecule has 0 fully saturated rings. The van der Waals surface area contributed by atoms with Crippen LogP contribution in [0.15, 0.2) is 61.9 Å². The fourth-order valence-electron chi connectivity index (χ4n) is 2.99. The van der Waals surface area contributed by atoms with Crippen LogP contribution in [0.3, 0.4) is 0 Å². The number of carbonyl (C=O) groups excluding carboxylic acids is 1. The van der Waals surface area contributed by atoms with E-state index in [1.54, 1.807) is 12.1 Å². The molecular formula is C27H32F4O5. The molecule has 2 aromatic carbocycles. The second-order valence-corrected chi connectivity index (χ2v) is 7.54. The second kappa shape index (κ2) is 18.9. The molecular weight excluding hydrogens is 480 g/mol. The standard InChI is InChI=1S/C14H15F3O2.C13H17FO3/c1-2-14(18)19-6-4-3-5-10-7-12(16)11(9-15)13(17)8-10;1-2-15-11-16-10-4-3-5-12-6-8-13(17-14)9-7-12/h2,7-8H,1,3-6,9H2;2,6-9H,1,3-5,10-11H2. The Balaban J connectivity index is 0.000000362. The van der Waals surface area contributed by atoms with Crippen molar-refractivity contribution in [2.75, 3.05) is 20.0 Å². The average Bonchev–Trinajstić information content (AvgIpc) is 2.88. The maximum Gasteiger partial charge on any atom is 0.330 e. The number of hydrogen-bond donors (Lipinski definition) is 0. The summed E-state index contributed by atoms with van der Waals surface area (Å²) < 4.78 is 65.4. The van der Waals surface area contributed by atoms with Crippen LogP contribution in [0.5, 0.6) is 5.75 Å². The molecule has 2 aromatic rings.